The van der Waals surface area contributed by atoms with Gasteiger partial charge in [-0.3, -0.25) is 4.79 Å². The Morgan fingerprint density at radius 1 is 1.28 bits per heavy atom. The average molecular weight is 265 g/mol. The van der Waals surface area contributed by atoms with E-state index in [1.165, 1.54) is 12.1 Å². The fraction of sp³-hybridized carbons (Fsp3) is 0.231. The maximum atomic E-state index is 13.3. The summed E-state index contributed by atoms with van der Waals surface area (Å²) in [7, 11) is 0. The largest absolute Gasteiger partial charge is 0.306 e. The van der Waals surface area contributed by atoms with Gasteiger partial charge in [0.1, 0.15) is 11.6 Å². The number of rotatable bonds is 1. The number of hydrogen-bond acceptors (Lipinski definition) is 2. The lowest BCUT2D eigenvalue weighted by Crippen LogP contribution is -2.15. The first-order valence-corrected chi connectivity index (χ1v) is 6.10. The summed E-state index contributed by atoms with van der Waals surface area (Å²) in [5.74, 6) is -0.0669. The van der Waals surface area contributed by atoms with E-state index in [-0.39, 0.29) is 10.6 Å². The summed E-state index contributed by atoms with van der Waals surface area (Å²) in [6.45, 7) is 0. The highest BCUT2D eigenvalue weighted by Gasteiger charge is 2.17. The summed E-state index contributed by atoms with van der Waals surface area (Å²) in [5.41, 5.74) is 1.93. The first-order valence-electron chi connectivity index (χ1n) is 5.72. The summed E-state index contributed by atoms with van der Waals surface area (Å²) < 4.78 is 13.3. The molecule has 0 radical (unpaired) electrons. The number of H-pyrrole nitrogens is 1. The molecule has 0 aliphatic heterocycles. The summed E-state index contributed by atoms with van der Waals surface area (Å²) in [6, 6.07) is 4.12. The second kappa shape index (κ2) is 4.21. The van der Waals surface area contributed by atoms with E-state index >= 15 is 0 Å². The molecule has 0 fully saturated rings. The molecule has 1 aliphatic rings. The van der Waals surface area contributed by atoms with Crippen LogP contribution in [0.3, 0.4) is 0 Å². The van der Waals surface area contributed by atoms with Crippen LogP contribution in [0, 0.1) is 5.82 Å². The highest BCUT2D eigenvalue weighted by molar-refractivity contribution is 6.30. The molecule has 0 spiro atoms. The number of nitrogens with zero attached hydrogens (tertiary/aromatic N) is 1. The van der Waals surface area contributed by atoms with Crippen LogP contribution >= 0.6 is 11.6 Å². The quantitative estimate of drug-likeness (QED) is 0.861. The van der Waals surface area contributed by atoms with E-state index in [1.54, 1.807) is 6.07 Å². The molecular weight excluding hydrogens is 255 g/mol. The van der Waals surface area contributed by atoms with Crippen LogP contribution in [-0.2, 0) is 12.8 Å². The minimum atomic E-state index is -0.444. The maximum Gasteiger partial charge on any atom is 0.254 e. The van der Waals surface area contributed by atoms with Crippen molar-refractivity contribution in [2.24, 2.45) is 0 Å². The normalized spacial score (nSPS) is 13.7. The standard InChI is InChI=1S/C13H10ClFN2O/c14-8-4-7(5-9(15)6-8)12-16-11-3-1-2-10(11)13(18)17-12/h4-6H,1-3H2,(H,16,17,18). The average Bonchev–Trinajstić information content (AvgIpc) is 2.76. The molecule has 0 atom stereocenters. The van der Waals surface area contributed by atoms with E-state index in [4.69, 9.17) is 11.6 Å². The monoisotopic (exact) mass is 264 g/mol. The van der Waals surface area contributed by atoms with Crippen molar-refractivity contribution in [2.45, 2.75) is 19.3 Å². The molecule has 1 aromatic heterocycles. The van der Waals surface area contributed by atoms with Crippen molar-refractivity contribution in [3.63, 3.8) is 0 Å². The third kappa shape index (κ3) is 1.93. The zero-order valence-electron chi connectivity index (χ0n) is 9.46. The summed E-state index contributed by atoms with van der Waals surface area (Å²) in [5, 5.41) is 0.285. The van der Waals surface area contributed by atoms with E-state index in [9.17, 15) is 9.18 Å². The molecule has 3 rings (SSSR count). The Kier molecular flexibility index (Phi) is 2.67. The number of hydrogen-bond donors (Lipinski definition) is 1. The molecule has 0 amide bonds. The van der Waals surface area contributed by atoms with Gasteiger partial charge in [-0.25, -0.2) is 9.37 Å². The second-order valence-corrected chi connectivity index (χ2v) is 4.79. The predicted molar refractivity (Wildman–Crippen MR) is 67.3 cm³/mol. The van der Waals surface area contributed by atoms with Crippen LogP contribution in [0.1, 0.15) is 17.7 Å². The van der Waals surface area contributed by atoms with Gasteiger partial charge < -0.3 is 4.98 Å². The van der Waals surface area contributed by atoms with Crippen LogP contribution in [-0.4, -0.2) is 9.97 Å². The lowest BCUT2D eigenvalue weighted by atomic mass is 10.2. The van der Waals surface area contributed by atoms with Gasteiger partial charge in [-0.1, -0.05) is 11.6 Å². The number of benzene rings is 1. The van der Waals surface area contributed by atoms with Crippen LogP contribution in [0.15, 0.2) is 23.0 Å². The topological polar surface area (TPSA) is 45.8 Å². The third-order valence-corrected chi connectivity index (χ3v) is 3.30. The zero-order chi connectivity index (χ0) is 12.7. The number of aryl methyl sites for hydroxylation is 1. The Hall–Kier alpha value is -1.68. The molecule has 18 heavy (non-hydrogen) atoms. The molecule has 1 aromatic carbocycles. The summed E-state index contributed by atoms with van der Waals surface area (Å²) in [4.78, 5) is 18.9. The molecule has 0 bridgehead atoms. The number of aromatic nitrogens is 2. The first-order chi connectivity index (χ1) is 8.63. The molecule has 0 saturated heterocycles. The van der Waals surface area contributed by atoms with Gasteiger partial charge in [0.25, 0.3) is 5.56 Å². The minimum absolute atomic E-state index is 0.132. The smallest absolute Gasteiger partial charge is 0.254 e. The number of aromatic amines is 1. The van der Waals surface area contributed by atoms with Crippen molar-refractivity contribution in [3.8, 4) is 11.4 Å². The van der Waals surface area contributed by atoms with E-state index in [2.05, 4.69) is 9.97 Å². The van der Waals surface area contributed by atoms with E-state index in [0.29, 0.717) is 11.4 Å². The van der Waals surface area contributed by atoms with Crippen LogP contribution in [0.4, 0.5) is 4.39 Å². The van der Waals surface area contributed by atoms with Gasteiger partial charge in [-0.15, -0.1) is 0 Å². The van der Waals surface area contributed by atoms with Gasteiger partial charge in [0.2, 0.25) is 0 Å². The van der Waals surface area contributed by atoms with Crippen molar-refractivity contribution in [1.82, 2.24) is 9.97 Å². The molecule has 3 nitrogen and oxygen atoms in total. The number of fused-ring (bicyclic) bond motifs is 1. The fourth-order valence-electron chi connectivity index (χ4n) is 2.27. The highest BCUT2D eigenvalue weighted by Crippen LogP contribution is 2.23. The van der Waals surface area contributed by atoms with E-state index in [0.717, 1.165) is 30.5 Å². The van der Waals surface area contributed by atoms with Crippen molar-refractivity contribution in [2.75, 3.05) is 0 Å². The minimum Gasteiger partial charge on any atom is -0.306 e. The number of halogens is 2. The first kappa shape index (κ1) is 11.4. The number of nitrogens with one attached hydrogen (secondary N) is 1. The van der Waals surface area contributed by atoms with Crippen LogP contribution in [0.2, 0.25) is 5.02 Å². The molecular formula is C13H10ClFN2O. The van der Waals surface area contributed by atoms with Gasteiger partial charge in [0.05, 0.1) is 5.69 Å². The van der Waals surface area contributed by atoms with E-state index in [1.807, 2.05) is 0 Å². The Morgan fingerprint density at radius 3 is 2.89 bits per heavy atom. The Morgan fingerprint density at radius 2 is 2.11 bits per heavy atom. The molecule has 1 aliphatic carbocycles. The summed E-state index contributed by atoms with van der Waals surface area (Å²) >= 11 is 5.80. The maximum absolute atomic E-state index is 13.3. The third-order valence-electron chi connectivity index (χ3n) is 3.08. The van der Waals surface area contributed by atoms with Crippen LogP contribution < -0.4 is 5.56 Å². The van der Waals surface area contributed by atoms with Gasteiger partial charge in [0.15, 0.2) is 0 Å². The molecule has 1 N–H and O–H groups in total. The highest BCUT2D eigenvalue weighted by atomic mass is 35.5. The van der Waals surface area contributed by atoms with Crippen LogP contribution in [0.25, 0.3) is 11.4 Å². The van der Waals surface area contributed by atoms with Gasteiger partial charge in [-0.05, 0) is 37.5 Å². The van der Waals surface area contributed by atoms with Gasteiger partial charge >= 0.3 is 0 Å². The lowest BCUT2D eigenvalue weighted by molar-refractivity contribution is 0.628. The van der Waals surface area contributed by atoms with Crippen molar-refractivity contribution in [1.29, 1.82) is 0 Å². The Bertz CT molecular complexity index is 661. The van der Waals surface area contributed by atoms with Gasteiger partial charge in [-0.2, -0.15) is 0 Å². The SMILES string of the molecule is O=c1[nH]c(-c2cc(F)cc(Cl)c2)nc2c1CCC2. The Labute approximate surface area is 108 Å². The predicted octanol–water partition coefficient (Wildman–Crippen LogP) is 2.72. The lowest BCUT2D eigenvalue weighted by Gasteiger charge is -2.05. The molecule has 2 aromatic rings. The molecule has 92 valence electrons. The van der Waals surface area contributed by atoms with Crippen molar-refractivity contribution < 1.29 is 4.39 Å². The van der Waals surface area contributed by atoms with Crippen molar-refractivity contribution >= 4 is 11.6 Å². The molecule has 0 unspecified atom stereocenters. The molecule has 1 heterocycles. The van der Waals surface area contributed by atoms with Crippen LogP contribution in [0.5, 0.6) is 0 Å². The zero-order valence-corrected chi connectivity index (χ0v) is 10.2. The fourth-order valence-corrected chi connectivity index (χ4v) is 2.49. The Balaban J connectivity index is 2.18. The second-order valence-electron chi connectivity index (χ2n) is 4.35. The van der Waals surface area contributed by atoms with E-state index < -0.39 is 5.82 Å². The molecule has 5 heteroatoms. The molecule has 0 saturated carbocycles. The summed E-state index contributed by atoms with van der Waals surface area (Å²) in [6.07, 6.45) is 2.51. The van der Waals surface area contributed by atoms with Gasteiger partial charge in [0, 0.05) is 16.1 Å². The van der Waals surface area contributed by atoms with Crippen molar-refractivity contribution in [3.05, 3.63) is 50.7 Å².